The monoisotopic (exact) mass is 427 g/mol. The van der Waals surface area contributed by atoms with E-state index in [-0.39, 0.29) is 22.8 Å². The van der Waals surface area contributed by atoms with Crippen molar-refractivity contribution in [3.63, 3.8) is 0 Å². The molecule has 1 atom stereocenters. The third kappa shape index (κ3) is 5.83. The number of hydrogen-bond donors (Lipinski definition) is 2. The Balaban J connectivity index is 2.16. The molecule has 0 saturated heterocycles. The van der Waals surface area contributed by atoms with Gasteiger partial charge in [-0.05, 0) is 54.4 Å². The van der Waals surface area contributed by atoms with Crippen molar-refractivity contribution in [2.45, 2.75) is 32.4 Å². The first-order valence-electron chi connectivity index (χ1n) is 7.73. The summed E-state index contributed by atoms with van der Waals surface area (Å²) in [5.74, 6) is -0.557. The molecule has 7 nitrogen and oxygen atoms in total. The number of carbonyl (C=O) groups is 1. The van der Waals surface area contributed by atoms with Crippen molar-refractivity contribution in [3.8, 4) is 11.8 Å². The quantitative estimate of drug-likeness (QED) is 0.754. The standard InChI is InChI=1S/C17H19BrFN3O4/c1-17(2,3)26-16(24)22-12(10-4-6-11(19)7-5-10)8-25-15-13(18)14(23)20-9-21-15/h4-7,9,12H,8H2,1-3H3,(H,22,24)(H,20,21,23)/t12-/m1/s1. The molecule has 0 aliphatic carbocycles. The average Bonchev–Trinajstić information content (AvgIpc) is 2.54. The Morgan fingerprint density at radius 2 is 1.96 bits per heavy atom. The van der Waals surface area contributed by atoms with E-state index >= 15 is 0 Å². The van der Waals surface area contributed by atoms with Gasteiger partial charge in [0, 0.05) is 0 Å². The predicted octanol–water partition coefficient (Wildman–Crippen LogP) is 3.73. The molecule has 2 rings (SSSR count). The average molecular weight is 428 g/mol. The van der Waals surface area contributed by atoms with Crippen molar-refractivity contribution in [3.05, 3.63) is 46.4 Å². The van der Waals surface area contributed by atoms with Gasteiger partial charge in [-0.25, -0.2) is 19.2 Å². The molecule has 0 aliphatic rings. The van der Waals surface area contributed by atoms with Crippen molar-refractivity contribution in [1.82, 2.24) is 15.3 Å². The SMILES string of the molecule is CC(C)(C)OC(=O)N[C@H](COc1ncnc(O)c1Br)c1ccc(F)cc1. The summed E-state index contributed by atoms with van der Waals surface area (Å²) >= 11 is 3.13. The Kier molecular flexibility index (Phi) is 6.36. The summed E-state index contributed by atoms with van der Waals surface area (Å²) < 4.78 is 24.2. The first kappa shape index (κ1) is 19.9. The second-order valence-electron chi connectivity index (χ2n) is 6.38. The lowest BCUT2D eigenvalue weighted by Crippen LogP contribution is -2.37. The Morgan fingerprint density at radius 3 is 2.58 bits per heavy atom. The Hall–Kier alpha value is -2.42. The van der Waals surface area contributed by atoms with Gasteiger partial charge in [-0.1, -0.05) is 12.1 Å². The molecular weight excluding hydrogens is 409 g/mol. The summed E-state index contributed by atoms with van der Waals surface area (Å²) in [4.78, 5) is 19.6. The number of halogens is 2. The lowest BCUT2D eigenvalue weighted by Gasteiger charge is -2.24. The molecule has 1 aromatic carbocycles. The minimum atomic E-state index is -0.667. The molecule has 1 aromatic heterocycles. The van der Waals surface area contributed by atoms with E-state index in [2.05, 4.69) is 31.2 Å². The molecule has 0 aliphatic heterocycles. The zero-order valence-corrected chi connectivity index (χ0v) is 16.1. The van der Waals surface area contributed by atoms with E-state index in [4.69, 9.17) is 9.47 Å². The van der Waals surface area contributed by atoms with Gasteiger partial charge in [-0.15, -0.1) is 0 Å². The van der Waals surface area contributed by atoms with Gasteiger partial charge in [0.1, 0.15) is 28.8 Å². The Labute approximate surface area is 158 Å². The third-order valence-corrected chi connectivity index (χ3v) is 3.78. The third-order valence-electron chi connectivity index (χ3n) is 3.09. The molecule has 0 fully saturated rings. The molecule has 2 N–H and O–H groups in total. The number of ether oxygens (including phenoxy) is 2. The fourth-order valence-corrected chi connectivity index (χ4v) is 2.29. The molecule has 26 heavy (non-hydrogen) atoms. The molecule has 2 aromatic rings. The molecule has 9 heteroatoms. The number of alkyl carbamates (subject to hydrolysis) is 1. The van der Waals surface area contributed by atoms with Crippen LogP contribution in [0.5, 0.6) is 11.8 Å². The van der Waals surface area contributed by atoms with Crippen LogP contribution < -0.4 is 10.1 Å². The number of benzene rings is 1. The molecule has 0 saturated carbocycles. The van der Waals surface area contributed by atoms with Crippen LogP contribution in [0.25, 0.3) is 0 Å². The van der Waals surface area contributed by atoms with E-state index in [9.17, 15) is 14.3 Å². The predicted molar refractivity (Wildman–Crippen MR) is 95.4 cm³/mol. The smallest absolute Gasteiger partial charge is 0.408 e. The van der Waals surface area contributed by atoms with Crippen LogP contribution in [-0.2, 0) is 4.74 Å². The van der Waals surface area contributed by atoms with Gasteiger partial charge in [-0.2, -0.15) is 0 Å². The summed E-state index contributed by atoms with van der Waals surface area (Å²) in [5.41, 5.74) is -0.0496. The normalized spacial score (nSPS) is 12.3. The van der Waals surface area contributed by atoms with Crippen molar-refractivity contribution >= 4 is 22.0 Å². The number of rotatable bonds is 5. The lowest BCUT2D eigenvalue weighted by atomic mass is 10.1. The number of nitrogens with one attached hydrogen (secondary N) is 1. The van der Waals surface area contributed by atoms with Gasteiger partial charge in [0.05, 0.1) is 6.04 Å². The highest BCUT2D eigenvalue weighted by atomic mass is 79.9. The second-order valence-corrected chi connectivity index (χ2v) is 7.17. The Bertz CT molecular complexity index is 766. The van der Waals surface area contributed by atoms with Crippen molar-refractivity contribution in [1.29, 1.82) is 0 Å². The van der Waals surface area contributed by atoms with Gasteiger partial charge >= 0.3 is 6.09 Å². The summed E-state index contributed by atoms with van der Waals surface area (Å²) in [6.07, 6.45) is 0.504. The van der Waals surface area contributed by atoms with Crippen LogP contribution in [0.1, 0.15) is 32.4 Å². The van der Waals surface area contributed by atoms with E-state index in [1.165, 1.54) is 24.3 Å². The lowest BCUT2D eigenvalue weighted by molar-refractivity contribution is 0.0485. The van der Waals surface area contributed by atoms with Crippen LogP contribution in [0.3, 0.4) is 0 Å². The summed E-state index contributed by atoms with van der Waals surface area (Å²) in [5, 5.41) is 12.3. The summed E-state index contributed by atoms with van der Waals surface area (Å²) in [6.45, 7) is 5.21. The molecule has 1 heterocycles. The topological polar surface area (TPSA) is 93.6 Å². The number of hydrogen-bond acceptors (Lipinski definition) is 6. The van der Waals surface area contributed by atoms with Crippen LogP contribution in [0.15, 0.2) is 35.1 Å². The molecule has 140 valence electrons. The van der Waals surface area contributed by atoms with Gasteiger partial charge in [-0.3, -0.25) is 0 Å². The number of aromatic hydroxyl groups is 1. The summed E-state index contributed by atoms with van der Waals surface area (Å²) in [7, 11) is 0. The zero-order chi connectivity index (χ0) is 19.3. The van der Waals surface area contributed by atoms with Crippen LogP contribution in [0.2, 0.25) is 0 Å². The first-order chi connectivity index (χ1) is 12.2. The van der Waals surface area contributed by atoms with E-state index in [0.29, 0.717) is 5.56 Å². The fourth-order valence-electron chi connectivity index (χ4n) is 1.97. The molecular formula is C17H19BrFN3O4. The van der Waals surface area contributed by atoms with Crippen molar-refractivity contribution in [2.75, 3.05) is 6.61 Å². The molecule has 0 spiro atoms. The van der Waals surface area contributed by atoms with Crippen molar-refractivity contribution < 1.29 is 23.8 Å². The van der Waals surface area contributed by atoms with E-state index in [0.717, 1.165) is 6.33 Å². The molecule has 1 amide bonds. The van der Waals surface area contributed by atoms with Crippen LogP contribution in [0, 0.1) is 5.82 Å². The van der Waals surface area contributed by atoms with E-state index < -0.39 is 23.6 Å². The van der Waals surface area contributed by atoms with Gasteiger partial charge in [0.25, 0.3) is 0 Å². The van der Waals surface area contributed by atoms with Gasteiger partial charge in [0.2, 0.25) is 11.8 Å². The van der Waals surface area contributed by atoms with E-state index in [1.54, 1.807) is 20.8 Å². The maximum Gasteiger partial charge on any atom is 0.408 e. The number of nitrogens with zero attached hydrogens (tertiary/aromatic N) is 2. The summed E-state index contributed by atoms with van der Waals surface area (Å²) in [6, 6.07) is 5.01. The van der Waals surface area contributed by atoms with E-state index in [1.807, 2.05) is 0 Å². The maximum atomic E-state index is 13.2. The first-order valence-corrected chi connectivity index (χ1v) is 8.52. The second kappa shape index (κ2) is 8.31. The zero-order valence-electron chi connectivity index (χ0n) is 14.5. The van der Waals surface area contributed by atoms with Crippen LogP contribution in [-0.4, -0.2) is 33.4 Å². The maximum absolute atomic E-state index is 13.2. The van der Waals surface area contributed by atoms with Gasteiger partial charge in [0.15, 0.2) is 0 Å². The highest BCUT2D eigenvalue weighted by molar-refractivity contribution is 9.10. The minimum Gasteiger partial charge on any atom is -0.492 e. The van der Waals surface area contributed by atoms with Crippen molar-refractivity contribution in [2.24, 2.45) is 0 Å². The number of amides is 1. The number of aromatic nitrogens is 2. The Morgan fingerprint density at radius 1 is 1.31 bits per heavy atom. The van der Waals surface area contributed by atoms with Crippen LogP contribution in [0.4, 0.5) is 9.18 Å². The van der Waals surface area contributed by atoms with Gasteiger partial charge < -0.3 is 19.9 Å². The molecule has 0 unspecified atom stereocenters. The highest BCUT2D eigenvalue weighted by Crippen LogP contribution is 2.29. The number of carbonyl (C=O) groups excluding carboxylic acids is 1. The van der Waals surface area contributed by atoms with Crippen LogP contribution >= 0.6 is 15.9 Å². The highest BCUT2D eigenvalue weighted by Gasteiger charge is 2.22. The fraction of sp³-hybridized carbons (Fsp3) is 0.353. The molecule has 0 bridgehead atoms. The molecule has 0 radical (unpaired) electrons. The minimum absolute atomic E-state index is 0.0278. The largest absolute Gasteiger partial charge is 0.492 e.